The van der Waals surface area contributed by atoms with Crippen LogP contribution in [-0.2, 0) is 0 Å². The normalized spacial score (nSPS) is 11.4. The molecule has 0 saturated heterocycles. The molecule has 1 N–H and O–H groups in total. The zero-order valence-corrected chi connectivity index (χ0v) is 10.8. The van der Waals surface area contributed by atoms with Crippen LogP contribution in [0.3, 0.4) is 0 Å². The first-order valence-electron chi connectivity index (χ1n) is 5.81. The molecule has 0 saturated carbocycles. The van der Waals surface area contributed by atoms with Gasteiger partial charge in [0.05, 0.1) is 18.0 Å². The summed E-state index contributed by atoms with van der Waals surface area (Å²) < 4.78 is 24.5. The summed E-state index contributed by atoms with van der Waals surface area (Å²) in [6.07, 6.45) is -1.53. The van der Waals surface area contributed by atoms with Crippen molar-refractivity contribution < 1.29 is 18.7 Å². The van der Waals surface area contributed by atoms with Gasteiger partial charge in [-0.1, -0.05) is 6.07 Å². The van der Waals surface area contributed by atoms with Crippen molar-refractivity contribution in [1.29, 1.82) is 0 Å². The summed E-state index contributed by atoms with van der Waals surface area (Å²) in [5, 5.41) is 10.6. The molecule has 0 bridgehead atoms. The molecule has 1 aromatic rings. The quantitative estimate of drug-likeness (QED) is 0.704. The van der Waals surface area contributed by atoms with Crippen molar-refractivity contribution >= 4 is 17.1 Å². The average Bonchev–Trinajstić information content (AvgIpc) is 2.81. The van der Waals surface area contributed by atoms with E-state index in [-0.39, 0.29) is 25.5 Å². The summed E-state index contributed by atoms with van der Waals surface area (Å²) in [5.74, 6) is 0.0472. The van der Waals surface area contributed by atoms with Crippen LogP contribution in [0, 0.1) is 0 Å². The third kappa shape index (κ3) is 5.66. The standard InChI is InChI=1S/C12H17F2NO2S/c13-12(14)9-15(6-7-16)5-1-3-10(17)11-4-2-8-18-11/h2,4,8,12,16H,1,3,5-7,9H2. The minimum absolute atomic E-state index is 0.0472. The number of carbonyl (C=O) groups is 1. The molecule has 0 amide bonds. The van der Waals surface area contributed by atoms with E-state index < -0.39 is 6.43 Å². The Morgan fingerprint density at radius 1 is 1.44 bits per heavy atom. The van der Waals surface area contributed by atoms with Crippen LogP contribution in [0.15, 0.2) is 17.5 Å². The molecular weight excluding hydrogens is 260 g/mol. The number of nitrogens with zero attached hydrogens (tertiary/aromatic N) is 1. The number of thiophene rings is 1. The third-order valence-corrected chi connectivity index (χ3v) is 3.40. The maximum atomic E-state index is 12.2. The van der Waals surface area contributed by atoms with Gasteiger partial charge >= 0.3 is 0 Å². The SMILES string of the molecule is O=C(CCCN(CCO)CC(F)F)c1cccs1. The van der Waals surface area contributed by atoms with Gasteiger partial charge in [-0.2, -0.15) is 0 Å². The van der Waals surface area contributed by atoms with Gasteiger partial charge in [0.25, 0.3) is 6.43 Å². The summed E-state index contributed by atoms with van der Waals surface area (Å²) in [6.45, 7) is 0.124. The molecule has 0 spiro atoms. The van der Waals surface area contributed by atoms with Gasteiger partial charge in [0.1, 0.15) is 0 Å². The first-order valence-corrected chi connectivity index (χ1v) is 6.69. The van der Waals surface area contributed by atoms with Gasteiger partial charge in [-0.05, 0) is 24.4 Å². The third-order valence-electron chi connectivity index (χ3n) is 2.49. The maximum Gasteiger partial charge on any atom is 0.251 e. The van der Waals surface area contributed by atoms with Gasteiger partial charge in [0.15, 0.2) is 5.78 Å². The summed E-state index contributed by atoms with van der Waals surface area (Å²) in [5.41, 5.74) is 0. The Bertz CT molecular complexity index is 344. The summed E-state index contributed by atoms with van der Waals surface area (Å²) >= 11 is 1.39. The fraction of sp³-hybridized carbons (Fsp3) is 0.583. The van der Waals surface area contributed by atoms with E-state index in [9.17, 15) is 13.6 Å². The molecule has 102 valence electrons. The Morgan fingerprint density at radius 3 is 2.78 bits per heavy atom. The number of rotatable bonds is 9. The Balaban J connectivity index is 2.27. The van der Waals surface area contributed by atoms with Crippen LogP contribution in [-0.4, -0.2) is 48.5 Å². The molecule has 6 heteroatoms. The van der Waals surface area contributed by atoms with Crippen LogP contribution < -0.4 is 0 Å². The fourth-order valence-corrected chi connectivity index (χ4v) is 2.35. The maximum absolute atomic E-state index is 12.2. The Hall–Kier alpha value is -0.850. The Kier molecular flexibility index (Phi) is 7.00. The lowest BCUT2D eigenvalue weighted by Crippen LogP contribution is -2.32. The summed E-state index contributed by atoms with van der Waals surface area (Å²) in [6, 6.07) is 3.57. The fourth-order valence-electron chi connectivity index (χ4n) is 1.65. The van der Waals surface area contributed by atoms with Crippen LogP contribution in [0.2, 0.25) is 0 Å². The second kappa shape index (κ2) is 8.29. The van der Waals surface area contributed by atoms with Crippen LogP contribution in [0.4, 0.5) is 8.78 Å². The van der Waals surface area contributed by atoms with Crippen molar-refractivity contribution in [3.8, 4) is 0 Å². The first kappa shape index (κ1) is 15.2. The molecule has 0 aliphatic carbocycles. The lowest BCUT2D eigenvalue weighted by molar-refractivity contribution is 0.0766. The minimum atomic E-state index is -2.41. The molecule has 18 heavy (non-hydrogen) atoms. The number of Topliss-reactive ketones (excluding diaryl/α,β-unsaturated/α-hetero) is 1. The number of ketones is 1. The zero-order chi connectivity index (χ0) is 13.4. The predicted octanol–water partition coefficient (Wildman–Crippen LogP) is 2.27. The molecule has 1 aromatic heterocycles. The summed E-state index contributed by atoms with van der Waals surface area (Å²) in [4.78, 5) is 13.8. The Labute approximate surface area is 109 Å². The highest BCUT2D eigenvalue weighted by molar-refractivity contribution is 7.12. The first-order chi connectivity index (χ1) is 8.63. The van der Waals surface area contributed by atoms with E-state index in [1.165, 1.54) is 16.2 Å². The molecule has 0 unspecified atom stereocenters. The molecule has 0 aromatic carbocycles. The van der Waals surface area contributed by atoms with Crippen molar-refractivity contribution in [2.45, 2.75) is 19.3 Å². The number of carbonyl (C=O) groups excluding carboxylic acids is 1. The highest BCUT2D eigenvalue weighted by Gasteiger charge is 2.12. The largest absolute Gasteiger partial charge is 0.395 e. The number of aliphatic hydroxyl groups is 1. The van der Waals surface area contributed by atoms with E-state index in [4.69, 9.17) is 5.11 Å². The second-order valence-corrected chi connectivity index (χ2v) is 4.87. The van der Waals surface area contributed by atoms with E-state index >= 15 is 0 Å². The van der Waals surface area contributed by atoms with Crippen LogP contribution in [0.25, 0.3) is 0 Å². The van der Waals surface area contributed by atoms with E-state index in [2.05, 4.69) is 0 Å². The highest BCUT2D eigenvalue weighted by Crippen LogP contribution is 2.12. The Morgan fingerprint density at radius 2 is 2.22 bits per heavy atom. The van der Waals surface area contributed by atoms with Crippen molar-refractivity contribution in [2.24, 2.45) is 0 Å². The molecule has 1 heterocycles. The van der Waals surface area contributed by atoms with Crippen LogP contribution >= 0.6 is 11.3 Å². The molecule has 0 radical (unpaired) electrons. The van der Waals surface area contributed by atoms with Crippen molar-refractivity contribution in [3.63, 3.8) is 0 Å². The predicted molar refractivity (Wildman–Crippen MR) is 67.4 cm³/mol. The van der Waals surface area contributed by atoms with Gasteiger partial charge in [-0.15, -0.1) is 11.3 Å². The lowest BCUT2D eigenvalue weighted by atomic mass is 10.2. The molecule has 0 atom stereocenters. The van der Waals surface area contributed by atoms with Gasteiger partial charge in [0.2, 0.25) is 0 Å². The minimum Gasteiger partial charge on any atom is -0.395 e. The summed E-state index contributed by atoms with van der Waals surface area (Å²) in [7, 11) is 0. The van der Waals surface area contributed by atoms with E-state index in [0.717, 1.165) is 0 Å². The average molecular weight is 277 g/mol. The van der Waals surface area contributed by atoms with Crippen molar-refractivity contribution in [1.82, 2.24) is 4.90 Å². The van der Waals surface area contributed by atoms with Gasteiger partial charge in [-0.25, -0.2) is 8.78 Å². The lowest BCUT2D eigenvalue weighted by Gasteiger charge is -2.20. The number of alkyl halides is 2. The van der Waals surface area contributed by atoms with Gasteiger partial charge < -0.3 is 5.11 Å². The number of halogens is 2. The number of aliphatic hydroxyl groups excluding tert-OH is 1. The topological polar surface area (TPSA) is 40.5 Å². The number of hydrogen-bond acceptors (Lipinski definition) is 4. The molecule has 1 rings (SSSR count). The molecule has 3 nitrogen and oxygen atoms in total. The van der Waals surface area contributed by atoms with Crippen LogP contribution in [0.5, 0.6) is 0 Å². The van der Waals surface area contributed by atoms with Crippen molar-refractivity contribution in [3.05, 3.63) is 22.4 Å². The van der Waals surface area contributed by atoms with Crippen LogP contribution in [0.1, 0.15) is 22.5 Å². The monoisotopic (exact) mass is 277 g/mol. The van der Waals surface area contributed by atoms with E-state index in [1.54, 1.807) is 6.07 Å². The van der Waals surface area contributed by atoms with Crippen molar-refractivity contribution in [2.75, 3.05) is 26.2 Å². The molecule has 0 fully saturated rings. The highest BCUT2D eigenvalue weighted by atomic mass is 32.1. The zero-order valence-electron chi connectivity index (χ0n) is 10.0. The van der Waals surface area contributed by atoms with Gasteiger partial charge in [-0.3, -0.25) is 9.69 Å². The smallest absolute Gasteiger partial charge is 0.251 e. The number of hydrogen-bond donors (Lipinski definition) is 1. The van der Waals surface area contributed by atoms with E-state index in [1.807, 2.05) is 11.4 Å². The second-order valence-electron chi connectivity index (χ2n) is 3.92. The van der Waals surface area contributed by atoms with Gasteiger partial charge in [0, 0.05) is 13.0 Å². The molecule has 0 aliphatic rings. The molecule has 0 aliphatic heterocycles. The van der Waals surface area contributed by atoms with E-state index in [0.29, 0.717) is 24.3 Å². The molecular formula is C12H17F2NO2S.